The second-order valence-electron chi connectivity index (χ2n) is 4.01. The largest absolute Gasteiger partial charge is 0.537 e. The van der Waals surface area contributed by atoms with Gasteiger partial charge < -0.3 is 13.3 Å². The van der Waals surface area contributed by atoms with E-state index in [0.29, 0.717) is 19.8 Å². The Bertz CT molecular complexity index is 376. The minimum Gasteiger partial charge on any atom is -0.370 e. The first-order valence-corrected chi connectivity index (χ1v) is 8.57. The molecule has 0 saturated carbocycles. The Kier molecular flexibility index (Phi) is 7.01. The van der Waals surface area contributed by atoms with Crippen molar-refractivity contribution in [2.24, 2.45) is 0 Å². The van der Waals surface area contributed by atoms with E-state index in [2.05, 4.69) is 12.6 Å². The van der Waals surface area contributed by atoms with Gasteiger partial charge in [0.2, 0.25) is 0 Å². The van der Waals surface area contributed by atoms with E-state index in [-0.39, 0.29) is 0 Å². The van der Waals surface area contributed by atoms with Crippen LogP contribution in [-0.4, -0.2) is 28.6 Å². The molecular formula is C15H24O3Si. The van der Waals surface area contributed by atoms with Crippen LogP contribution < -0.4 is 5.19 Å². The van der Waals surface area contributed by atoms with Crippen molar-refractivity contribution in [2.75, 3.05) is 19.8 Å². The van der Waals surface area contributed by atoms with E-state index in [0.717, 1.165) is 11.6 Å². The van der Waals surface area contributed by atoms with Gasteiger partial charge in [-0.05, 0) is 32.8 Å². The van der Waals surface area contributed by atoms with E-state index in [1.165, 1.54) is 5.56 Å². The van der Waals surface area contributed by atoms with Crippen LogP contribution in [0.4, 0.5) is 0 Å². The highest BCUT2D eigenvalue weighted by atomic mass is 28.4. The van der Waals surface area contributed by atoms with Crippen molar-refractivity contribution < 1.29 is 13.3 Å². The first-order valence-electron chi connectivity index (χ1n) is 6.85. The zero-order valence-corrected chi connectivity index (χ0v) is 13.1. The molecule has 0 bridgehead atoms. The first kappa shape index (κ1) is 16.1. The zero-order valence-electron chi connectivity index (χ0n) is 12.1. The van der Waals surface area contributed by atoms with E-state index in [9.17, 15) is 0 Å². The summed E-state index contributed by atoms with van der Waals surface area (Å²) in [6, 6.07) is 8.15. The third-order valence-corrected chi connectivity index (χ3v) is 5.87. The lowest BCUT2D eigenvalue weighted by Gasteiger charge is -2.30. The third-order valence-electron chi connectivity index (χ3n) is 2.71. The molecule has 0 atom stereocenters. The van der Waals surface area contributed by atoms with Crippen LogP contribution >= 0.6 is 0 Å². The van der Waals surface area contributed by atoms with E-state index in [4.69, 9.17) is 13.3 Å². The predicted molar refractivity (Wildman–Crippen MR) is 80.6 cm³/mol. The summed E-state index contributed by atoms with van der Waals surface area (Å²) in [4.78, 5) is 0. The van der Waals surface area contributed by atoms with E-state index >= 15 is 0 Å². The molecular weight excluding hydrogens is 256 g/mol. The molecule has 0 saturated heterocycles. The highest BCUT2D eigenvalue weighted by Crippen LogP contribution is 2.14. The number of hydrogen-bond donors (Lipinski definition) is 0. The van der Waals surface area contributed by atoms with Crippen LogP contribution in [0.3, 0.4) is 0 Å². The maximum Gasteiger partial charge on any atom is 0.537 e. The van der Waals surface area contributed by atoms with Gasteiger partial charge in [-0.1, -0.05) is 30.3 Å². The van der Waals surface area contributed by atoms with Gasteiger partial charge in [0.1, 0.15) is 0 Å². The molecule has 19 heavy (non-hydrogen) atoms. The van der Waals surface area contributed by atoms with Crippen molar-refractivity contribution in [1.29, 1.82) is 0 Å². The third kappa shape index (κ3) is 4.01. The van der Waals surface area contributed by atoms with Gasteiger partial charge in [0, 0.05) is 25.0 Å². The number of hydrogen-bond acceptors (Lipinski definition) is 3. The fraction of sp³-hybridized carbons (Fsp3) is 0.467. The molecule has 0 amide bonds. The summed E-state index contributed by atoms with van der Waals surface area (Å²) in [5, 5.41) is 1.06. The summed E-state index contributed by atoms with van der Waals surface area (Å²) in [7, 11) is -2.80. The second kappa shape index (κ2) is 8.27. The maximum atomic E-state index is 5.94. The lowest BCUT2D eigenvalue weighted by atomic mass is 10.1. The van der Waals surface area contributed by atoms with Crippen molar-refractivity contribution in [3.05, 3.63) is 42.5 Å². The van der Waals surface area contributed by atoms with Crippen LogP contribution in [0.25, 0.3) is 0 Å². The van der Waals surface area contributed by atoms with Crippen LogP contribution in [0, 0.1) is 0 Å². The van der Waals surface area contributed by atoms with Gasteiger partial charge in [-0.15, -0.1) is 6.58 Å². The van der Waals surface area contributed by atoms with Crippen LogP contribution in [0.15, 0.2) is 36.9 Å². The summed E-state index contributed by atoms with van der Waals surface area (Å²) in [5.74, 6) is 0. The van der Waals surface area contributed by atoms with E-state index in [1.54, 1.807) is 0 Å². The van der Waals surface area contributed by atoms with Crippen LogP contribution in [0.5, 0.6) is 0 Å². The Morgan fingerprint density at radius 2 is 1.53 bits per heavy atom. The predicted octanol–water partition coefficient (Wildman–Crippen LogP) is 2.67. The molecule has 0 aliphatic rings. The molecule has 0 aromatic heterocycles. The molecule has 4 heteroatoms. The maximum absolute atomic E-state index is 5.94. The highest BCUT2D eigenvalue weighted by molar-refractivity contribution is 6.75. The molecule has 0 spiro atoms. The van der Waals surface area contributed by atoms with Crippen molar-refractivity contribution in [3.8, 4) is 0 Å². The molecule has 0 aliphatic heterocycles. The molecule has 106 valence electrons. The van der Waals surface area contributed by atoms with Gasteiger partial charge in [-0.2, -0.15) is 0 Å². The summed E-state index contributed by atoms with van der Waals surface area (Å²) >= 11 is 0. The minimum atomic E-state index is -2.80. The van der Waals surface area contributed by atoms with Gasteiger partial charge in [-0.3, -0.25) is 0 Å². The van der Waals surface area contributed by atoms with E-state index < -0.39 is 8.80 Å². The van der Waals surface area contributed by atoms with Gasteiger partial charge in [0.25, 0.3) is 0 Å². The van der Waals surface area contributed by atoms with Crippen LogP contribution in [0.2, 0.25) is 0 Å². The molecule has 0 unspecified atom stereocenters. The molecule has 1 aromatic carbocycles. The van der Waals surface area contributed by atoms with Crippen molar-refractivity contribution >= 4 is 14.0 Å². The van der Waals surface area contributed by atoms with Crippen molar-refractivity contribution in [3.63, 3.8) is 0 Å². The van der Waals surface area contributed by atoms with Gasteiger partial charge in [-0.25, -0.2) is 0 Å². The Labute approximate surface area is 117 Å². The number of allylic oxidation sites excluding steroid dienone is 1. The molecule has 0 radical (unpaired) electrons. The van der Waals surface area contributed by atoms with Gasteiger partial charge in [0.05, 0.1) is 0 Å². The Hall–Kier alpha value is -0.943. The second-order valence-corrected chi connectivity index (χ2v) is 6.52. The quantitative estimate of drug-likeness (QED) is 0.514. The number of benzene rings is 1. The number of rotatable bonds is 9. The van der Waals surface area contributed by atoms with Crippen molar-refractivity contribution in [2.45, 2.75) is 27.2 Å². The van der Waals surface area contributed by atoms with Gasteiger partial charge >= 0.3 is 8.80 Å². The summed E-state index contributed by atoms with van der Waals surface area (Å²) in [5.41, 5.74) is 1.17. The Morgan fingerprint density at radius 3 is 2.00 bits per heavy atom. The van der Waals surface area contributed by atoms with Crippen LogP contribution in [-0.2, 0) is 19.7 Å². The lowest BCUT2D eigenvalue weighted by Crippen LogP contribution is -2.58. The molecule has 1 aromatic rings. The monoisotopic (exact) mass is 280 g/mol. The standard InChI is InChI=1S/C15H24O3Si/c1-5-11-14-12-9-10-13-15(14)19(16-6-2,17-7-3)18-8-4/h5,9-10,12-13H,1,6-8,11H2,2-4H3. The average Bonchev–Trinajstić information content (AvgIpc) is 2.40. The molecule has 0 aliphatic carbocycles. The first-order chi connectivity index (χ1) is 9.24. The highest BCUT2D eigenvalue weighted by Gasteiger charge is 2.44. The normalized spacial score (nSPS) is 11.5. The average molecular weight is 280 g/mol. The topological polar surface area (TPSA) is 27.7 Å². The fourth-order valence-corrected chi connectivity index (χ4v) is 4.82. The van der Waals surface area contributed by atoms with Crippen molar-refractivity contribution in [1.82, 2.24) is 0 Å². The summed E-state index contributed by atoms with van der Waals surface area (Å²) in [6.45, 7) is 11.4. The smallest absolute Gasteiger partial charge is 0.370 e. The SMILES string of the molecule is C=CCc1ccccc1[Si](OCC)(OCC)OCC. The van der Waals surface area contributed by atoms with Crippen LogP contribution in [0.1, 0.15) is 26.3 Å². The molecule has 0 heterocycles. The zero-order chi connectivity index (χ0) is 14.1. The summed E-state index contributed by atoms with van der Waals surface area (Å²) < 4.78 is 17.8. The van der Waals surface area contributed by atoms with Gasteiger partial charge in [0.15, 0.2) is 0 Å². The Morgan fingerprint density at radius 1 is 1.00 bits per heavy atom. The van der Waals surface area contributed by atoms with E-state index in [1.807, 2.05) is 45.0 Å². The summed E-state index contributed by atoms with van der Waals surface area (Å²) in [6.07, 6.45) is 2.68. The fourth-order valence-electron chi connectivity index (χ4n) is 2.08. The molecule has 1 rings (SSSR count). The molecule has 0 N–H and O–H groups in total. The lowest BCUT2D eigenvalue weighted by molar-refractivity contribution is 0.0857. The molecule has 0 fully saturated rings. The Balaban J connectivity index is 3.24. The molecule has 3 nitrogen and oxygen atoms in total. The minimum absolute atomic E-state index is 0.578.